The second kappa shape index (κ2) is 6.65. The third kappa shape index (κ3) is 3.53. The first kappa shape index (κ1) is 14.0. The Morgan fingerprint density at radius 2 is 2.00 bits per heavy atom. The Labute approximate surface area is 121 Å². The van der Waals surface area contributed by atoms with E-state index in [0.29, 0.717) is 6.61 Å². The Bertz CT molecular complexity index is 513. The van der Waals surface area contributed by atoms with Crippen LogP contribution >= 0.6 is 15.9 Å². The van der Waals surface area contributed by atoms with Gasteiger partial charge in [-0.05, 0) is 52.7 Å². The molecular weight excluding hydrogens is 306 g/mol. The van der Waals surface area contributed by atoms with Crippen LogP contribution in [-0.2, 0) is 0 Å². The summed E-state index contributed by atoms with van der Waals surface area (Å²) in [6.07, 6.45) is 1.76. The van der Waals surface area contributed by atoms with Crippen LogP contribution in [0.5, 0.6) is 5.75 Å². The van der Waals surface area contributed by atoms with E-state index in [-0.39, 0.29) is 6.04 Å². The van der Waals surface area contributed by atoms with Crippen molar-refractivity contribution in [2.75, 3.05) is 6.61 Å². The van der Waals surface area contributed by atoms with Gasteiger partial charge >= 0.3 is 0 Å². The van der Waals surface area contributed by atoms with Crippen LogP contribution in [-0.4, -0.2) is 11.6 Å². The summed E-state index contributed by atoms with van der Waals surface area (Å²) in [4.78, 5) is 4.36. The molecule has 0 spiro atoms. The third-order valence-electron chi connectivity index (χ3n) is 2.74. The van der Waals surface area contributed by atoms with E-state index in [1.54, 1.807) is 6.20 Å². The van der Waals surface area contributed by atoms with Crippen molar-refractivity contribution < 1.29 is 4.74 Å². The van der Waals surface area contributed by atoms with Crippen LogP contribution in [0.3, 0.4) is 0 Å². The minimum atomic E-state index is -0.135. The van der Waals surface area contributed by atoms with Crippen molar-refractivity contribution in [2.24, 2.45) is 5.84 Å². The van der Waals surface area contributed by atoms with Crippen LogP contribution in [0.15, 0.2) is 47.1 Å². The summed E-state index contributed by atoms with van der Waals surface area (Å²) in [5.41, 5.74) is 4.70. The second-order valence-corrected chi connectivity index (χ2v) is 4.92. The molecule has 2 aromatic rings. The fraction of sp³-hybridized carbons (Fsp3) is 0.214. The maximum absolute atomic E-state index is 5.64. The number of hydrogen-bond donors (Lipinski definition) is 2. The Morgan fingerprint density at radius 1 is 1.26 bits per heavy atom. The molecule has 0 amide bonds. The summed E-state index contributed by atoms with van der Waals surface area (Å²) in [5, 5.41) is 0. The Kier molecular flexibility index (Phi) is 4.90. The van der Waals surface area contributed by atoms with Gasteiger partial charge in [0.25, 0.3) is 0 Å². The first-order valence-corrected chi connectivity index (χ1v) is 6.84. The van der Waals surface area contributed by atoms with Gasteiger partial charge < -0.3 is 4.74 Å². The highest BCUT2D eigenvalue weighted by Gasteiger charge is 2.13. The summed E-state index contributed by atoms with van der Waals surface area (Å²) in [7, 11) is 0. The molecule has 0 saturated heterocycles. The van der Waals surface area contributed by atoms with Gasteiger partial charge in [-0.3, -0.25) is 10.8 Å². The molecule has 0 saturated carbocycles. The minimum absolute atomic E-state index is 0.135. The van der Waals surface area contributed by atoms with Gasteiger partial charge in [-0.2, -0.15) is 0 Å². The summed E-state index contributed by atoms with van der Waals surface area (Å²) in [5.74, 6) is 6.49. The molecule has 5 heteroatoms. The average Bonchev–Trinajstić information content (AvgIpc) is 2.44. The number of hydrazine groups is 1. The standard InChI is InChI=1S/C14H16BrN3O/c1-2-19-12-6-3-10(4-7-12)14(18-16)13-8-5-11(15)9-17-13/h3-9,14,18H,2,16H2,1H3. The molecule has 4 nitrogen and oxygen atoms in total. The monoisotopic (exact) mass is 321 g/mol. The van der Waals surface area contributed by atoms with Crippen LogP contribution in [0.4, 0.5) is 0 Å². The van der Waals surface area contributed by atoms with E-state index < -0.39 is 0 Å². The number of nitrogens with two attached hydrogens (primary N) is 1. The van der Waals surface area contributed by atoms with Crippen LogP contribution in [0.25, 0.3) is 0 Å². The maximum atomic E-state index is 5.64. The highest BCUT2D eigenvalue weighted by atomic mass is 79.9. The summed E-state index contributed by atoms with van der Waals surface area (Å²) in [6, 6.07) is 11.6. The number of ether oxygens (including phenoxy) is 1. The molecule has 3 N–H and O–H groups in total. The summed E-state index contributed by atoms with van der Waals surface area (Å²) >= 11 is 3.37. The number of hydrogen-bond acceptors (Lipinski definition) is 4. The predicted molar refractivity (Wildman–Crippen MR) is 78.7 cm³/mol. The first-order chi connectivity index (χ1) is 9.24. The van der Waals surface area contributed by atoms with Crippen molar-refractivity contribution in [1.82, 2.24) is 10.4 Å². The SMILES string of the molecule is CCOc1ccc(C(NN)c2ccc(Br)cn2)cc1. The molecule has 1 heterocycles. The van der Waals surface area contributed by atoms with Crippen molar-refractivity contribution in [3.05, 3.63) is 58.3 Å². The number of aromatic nitrogens is 1. The van der Waals surface area contributed by atoms with Gasteiger partial charge in [-0.15, -0.1) is 0 Å². The zero-order valence-electron chi connectivity index (χ0n) is 10.6. The molecule has 1 aromatic heterocycles. The van der Waals surface area contributed by atoms with Gasteiger partial charge in [0.2, 0.25) is 0 Å². The van der Waals surface area contributed by atoms with E-state index in [1.807, 2.05) is 43.3 Å². The van der Waals surface area contributed by atoms with Crippen molar-refractivity contribution in [1.29, 1.82) is 0 Å². The molecule has 100 valence electrons. The van der Waals surface area contributed by atoms with Gasteiger partial charge in [0, 0.05) is 10.7 Å². The van der Waals surface area contributed by atoms with E-state index in [0.717, 1.165) is 21.5 Å². The molecule has 2 rings (SSSR count). The lowest BCUT2D eigenvalue weighted by atomic mass is 10.0. The highest BCUT2D eigenvalue weighted by Crippen LogP contribution is 2.23. The molecule has 0 fully saturated rings. The average molecular weight is 322 g/mol. The summed E-state index contributed by atoms with van der Waals surface area (Å²) < 4.78 is 6.37. The van der Waals surface area contributed by atoms with Crippen molar-refractivity contribution in [2.45, 2.75) is 13.0 Å². The van der Waals surface area contributed by atoms with Crippen LogP contribution < -0.4 is 16.0 Å². The Morgan fingerprint density at radius 3 is 2.53 bits per heavy atom. The van der Waals surface area contributed by atoms with Gasteiger partial charge in [-0.25, -0.2) is 5.43 Å². The van der Waals surface area contributed by atoms with Crippen LogP contribution in [0.1, 0.15) is 24.2 Å². The van der Waals surface area contributed by atoms with E-state index in [4.69, 9.17) is 10.6 Å². The Balaban J connectivity index is 2.23. The zero-order chi connectivity index (χ0) is 13.7. The van der Waals surface area contributed by atoms with Crippen molar-refractivity contribution in [3.8, 4) is 5.75 Å². The van der Waals surface area contributed by atoms with Crippen molar-refractivity contribution >= 4 is 15.9 Å². The minimum Gasteiger partial charge on any atom is -0.494 e. The lowest BCUT2D eigenvalue weighted by Crippen LogP contribution is -2.29. The van der Waals surface area contributed by atoms with Gasteiger partial charge in [-0.1, -0.05) is 12.1 Å². The number of rotatable bonds is 5. The number of pyridine rings is 1. The van der Waals surface area contributed by atoms with Gasteiger partial charge in [0.05, 0.1) is 18.3 Å². The second-order valence-electron chi connectivity index (χ2n) is 4.00. The fourth-order valence-corrected chi connectivity index (χ4v) is 2.07. The van der Waals surface area contributed by atoms with E-state index in [2.05, 4.69) is 26.3 Å². The molecule has 1 unspecified atom stereocenters. The number of halogens is 1. The molecule has 0 aliphatic rings. The van der Waals surface area contributed by atoms with Gasteiger partial charge in [0.15, 0.2) is 0 Å². The molecule has 19 heavy (non-hydrogen) atoms. The smallest absolute Gasteiger partial charge is 0.119 e. The van der Waals surface area contributed by atoms with Gasteiger partial charge in [0.1, 0.15) is 5.75 Å². The van der Waals surface area contributed by atoms with E-state index >= 15 is 0 Å². The maximum Gasteiger partial charge on any atom is 0.119 e. The molecule has 0 radical (unpaired) electrons. The normalized spacial score (nSPS) is 12.2. The first-order valence-electron chi connectivity index (χ1n) is 6.05. The van der Waals surface area contributed by atoms with Crippen LogP contribution in [0, 0.1) is 0 Å². The van der Waals surface area contributed by atoms with E-state index in [1.165, 1.54) is 0 Å². The third-order valence-corrected chi connectivity index (χ3v) is 3.21. The molecule has 1 aromatic carbocycles. The fourth-order valence-electron chi connectivity index (χ4n) is 1.83. The van der Waals surface area contributed by atoms with Crippen LogP contribution in [0.2, 0.25) is 0 Å². The quantitative estimate of drug-likeness (QED) is 0.656. The molecule has 0 aliphatic carbocycles. The molecular formula is C14H16BrN3O. The lowest BCUT2D eigenvalue weighted by Gasteiger charge is -2.16. The lowest BCUT2D eigenvalue weighted by molar-refractivity contribution is 0.340. The topological polar surface area (TPSA) is 60.2 Å². The number of nitrogens with one attached hydrogen (secondary N) is 1. The van der Waals surface area contributed by atoms with E-state index in [9.17, 15) is 0 Å². The largest absolute Gasteiger partial charge is 0.494 e. The van der Waals surface area contributed by atoms with Crippen molar-refractivity contribution in [3.63, 3.8) is 0 Å². The highest BCUT2D eigenvalue weighted by molar-refractivity contribution is 9.10. The molecule has 0 bridgehead atoms. The molecule has 1 atom stereocenters. The molecule has 0 aliphatic heterocycles. The predicted octanol–water partition coefficient (Wildman–Crippen LogP) is 2.80. The number of benzene rings is 1. The Hall–Kier alpha value is -1.43. The summed E-state index contributed by atoms with van der Waals surface area (Å²) in [6.45, 7) is 2.62. The number of nitrogens with zero attached hydrogens (tertiary/aromatic N) is 1. The zero-order valence-corrected chi connectivity index (χ0v) is 12.2.